The molecule has 1 aromatic rings. The first-order valence-corrected chi connectivity index (χ1v) is 7.77. The van der Waals surface area contributed by atoms with E-state index in [4.69, 9.17) is 11.6 Å². The van der Waals surface area contributed by atoms with E-state index in [1.807, 2.05) is 0 Å². The summed E-state index contributed by atoms with van der Waals surface area (Å²) in [7, 11) is 0. The quantitative estimate of drug-likeness (QED) is 0.886. The van der Waals surface area contributed by atoms with Crippen molar-refractivity contribution in [1.82, 2.24) is 10.2 Å². The standard InChI is InChI=1S/C16H25ClN2/c1-3-19(12-15-6-4-5-9-18-15)11-14-8-7-13(2)16(17)10-14/h7-8,10,15,18H,3-6,9,11-12H2,1-2H3. The molecule has 1 unspecified atom stereocenters. The smallest absolute Gasteiger partial charge is 0.0438 e. The molecular weight excluding hydrogens is 256 g/mol. The number of aryl methyl sites for hydroxylation is 1. The maximum Gasteiger partial charge on any atom is 0.0438 e. The molecule has 1 N–H and O–H groups in total. The number of piperidine rings is 1. The molecule has 1 aliphatic heterocycles. The van der Waals surface area contributed by atoms with E-state index < -0.39 is 0 Å². The molecule has 0 aromatic heterocycles. The van der Waals surface area contributed by atoms with E-state index in [0.29, 0.717) is 6.04 Å². The normalized spacial score (nSPS) is 19.9. The number of benzene rings is 1. The van der Waals surface area contributed by atoms with E-state index in [2.05, 4.69) is 42.3 Å². The summed E-state index contributed by atoms with van der Waals surface area (Å²) in [5, 5.41) is 4.50. The third-order valence-corrected chi connectivity index (χ3v) is 4.39. The summed E-state index contributed by atoms with van der Waals surface area (Å²) < 4.78 is 0. The zero-order valence-corrected chi connectivity index (χ0v) is 12.8. The number of halogens is 1. The molecule has 2 nitrogen and oxygen atoms in total. The second kappa shape index (κ2) is 7.28. The van der Waals surface area contributed by atoms with Crippen LogP contribution in [-0.4, -0.2) is 30.6 Å². The number of nitrogens with one attached hydrogen (secondary N) is 1. The summed E-state index contributed by atoms with van der Waals surface area (Å²) in [5.74, 6) is 0. The van der Waals surface area contributed by atoms with Crippen LogP contribution in [0.5, 0.6) is 0 Å². The fourth-order valence-corrected chi connectivity index (χ4v) is 2.89. The summed E-state index contributed by atoms with van der Waals surface area (Å²) in [6.45, 7) is 8.69. The van der Waals surface area contributed by atoms with Gasteiger partial charge in [-0.05, 0) is 50.0 Å². The molecular formula is C16H25ClN2. The van der Waals surface area contributed by atoms with Gasteiger partial charge in [-0.3, -0.25) is 4.90 Å². The number of nitrogens with zero attached hydrogens (tertiary/aromatic N) is 1. The lowest BCUT2D eigenvalue weighted by Gasteiger charge is -2.30. The Labute approximate surface area is 122 Å². The largest absolute Gasteiger partial charge is 0.313 e. The number of hydrogen-bond donors (Lipinski definition) is 1. The first-order valence-electron chi connectivity index (χ1n) is 7.40. The molecule has 1 atom stereocenters. The van der Waals surface area contributed by atoms with Gasteiger partial charge in [0, 0.05) is 24.2 Å². The van der Waals surface area contributed by atoms with Crippen LogP contribution in [0.4, 0.5) is 0 Å². The maximum absolute atomic E-state index is 6.20. The van der Waals surface area contributed by atoms with Crippen molar-refractivity contribution >= 4 is 11.6 Å². The third-order valence-electron chi connectivity index (χ3n) is 3.98. The monoisotopic (exact) mass is 280 g/mol. The molecule has 1 aliphatic rings. The summed E-state index contributed by atoms with van der Waals surface area (Å²) in [4.78, 5) is 2.50. The molecule has 0 aliphatic carbocycles. The van der Waals surface area contributed by atoms with Gasteiger partial charge < -0.3 is 5.32 Å². The lowest BCUT2D eigenvalue weighted by atomic mass is 10.0. The van der Waals surface area contributed by atoms with Crippen molar-refractivity contribution in [3.05, 3.63) is 34.3 Å². The van der Waals surface area contributed by atoms with Gasteiger partial charge in [-0.25, -0.2) is 0 Å². The Morgan fingerprint density at radius 3 is 2.84 bits per heavy atom. The van der Waals surface area contributed by atoms with Gasteiger partial charge in [0.05, 0.1) is 0 Å². The lowest BCUT2D eigenvalue weighted by Crippen LogP contribution is -2.43. The minimum absolute atomic E-state index is 0.662. The van der Waals surface area contributed by atoms with Crippen molar-refractivity contribution in [1.29, 1.82) is 0 Å². The zero-order chi connectivity index (χ0) is 13.7. The van der Waals surface area contributed by atoms with E-state index in [9.17, 15) is 0 Å². The molecule has 19 heavy (non-hydrogen) atoms. The van der Waals surface area contributed by atoms with Crippen LogP contribution in [-0.2, 0) is 6.54 Å². The minimum atomic E-state index is 0.662. The Balaban J connectivity index is 1.92. The highest BCUT2D eigenvalue weighted by Crippen LogP contribution is 2.18. The molecule has 0 radical (unpaired) electrons. The van der Waals surface area contributed by atoms with Crippen LogP contribution in [0, 0.1) is 6.92 Å². The summed E-state index contributed by atoms with van der Waals surface area (Å²) >= 11 is 6.20. The summed E-state index contributed by atoms with van der Waals surface area (Å²) in [6, 6.07) is 7.07. The van der Waals surface area contributed by atoms with Crippen LogP contribution in [0.25, 0.3) is 0 Å². The van der Waals surface area contributed by atoms with Crippen molar-refractivity contribution < 1.29 is 0 Å². The van der Waals surface area contributed by atoms with Gasteiger partial charge in [-0.15, -0.1) is 0 Å². The number of rotatable bonds is 5. The molecule has 106 valence electrons. The molecule has 3 heteroatoms. The fourth-order valence-electron chi connectivity index (χ4n) is 2.69. The zero-order valence-electron chi connectivity index (χ0n) is 12.1. The Kier molecular flexibility index (Phi) is 5.68. The van der Waals surface area contributed by atoms with Crippen molar-refractivity contribution in [2.75, 3.05) is 19.6 Å². The second-order valence-electron chi connectivity index (χ2n) is 5.56. The van der Waals surface area contributed by atoms with E-state index >= 15 is 0 Å². The molecule has 2 rings (SSSR count). The van der Waals surface area contributed by atoms with Gasteiger partial charge in [0.1, 0.15) is 0 Å². The van der Waals surface area contributed by atoms with Crippen molar-refractivity contribution in [2.45, 2.75) is 45.7 Å². The maximum atomic E-state index is 6.20. The third kappa shape index (κ3) is 4.48. The average Bonchev–Trinajstić information content (AvgIpc) is 2.43. The van der Waals surface area contributed by atoms with E-state index in [1.54, 1.807) is 0 Å². The predicted molar refractivity (Wildman–Crippen MR) is 82.8 cm³/mol. The van der Waals surface area contributed by atoms with E-state index in [0.717, 1.165) is 30.2 Å². The minimum Gasteiger partial charge on any atom is -0.313 e. The molecule has 1 heterocycles. The molecule has 1 aromatic carbocycles. The predicted octanol–water partition coefficient (Wildman–Crippen LogP) is 3.61. The first kappa shape index (κ1) is 14.8. The van der Waals surface area contributed by atoms with E-state index in [-0.39, 0.29) is 0 Å². The number of hydrogen-bond acceptors (Lipinski definition) is 2. The number of likely N-dealkylation sites (N-methyl/N-ethyl adjacent to an activating group) is 1. The van der Waals surface area contributed by atoms with Crippen LogP contribution in [0.1, 0.15) is 37.3 Å². The van der Waals surface area contributed by atoms with Crippen LogP contribution >= 0.6 is 11.6 Å². The molecule has 0 amide bonds. The highest BCUT2D eigenvalue weighted by atomic mass is 35.5. The SMILES string of the molecule is CCN(Cc1ccc(C)c(Cl)c1)CC1CCCCN1. The van der Waals surface area contributed by atoms with Crippen LogP contribution in [0.2, 0.25) is 5.02 Å². The highest BCUT2D eigenvalue weighted by Gasteiger charge is 2.16. The van der Waals surface area contributed by atoms with Gasteiger partial charge in [-0.2, -0.15) is 0 Å². The van der Waals surface area contributed by atoms with Gasteiger partial charge >= 0.3 is 0 Å². The van der Waals surface area contributed by atoms with Crippen LogP contribution in [0.3, 0.4) is 0 Å². The highest BCUT2D eigenvalue weighted by molar-refractivity contribution is 6.31. The first-order chi connectivity index (χ1) is 9.19. The van der Waals surface area contributed by atoms with Gasteiger partial charge in [0.2, 0.25) is 0 Å². The Hall–Kier alpha value is -0.570. The van der Waals surface area contributed by atoms with Crippen molar-refractivity contribution in [3.8, 4) is 0 Å². The van der Waals surface area contributed by atoms with Gasteiger partial charge in [0.15, 0.2) is 0 Å². The molecule has 0 spiro atoms. The molecule has 1 fully saturated rings. The molecule has 0 saturated carbocycles. The summed E-state index contributed by atoms with van der Waals surface area (Å²) in [6.07, 6.45) is 4.01. The Morgan fingerprint density at radius 2 is 2.21 bits per heavy atom. The Morgan fingerprint density at radius 1 is 1.37 bits per heavy atom. The van der Waals surface area contributed by atoms with Crippen molar-refractivity contribution in [2.24, 2.45) is 0 Å². The van der Waals surface area contributed by atoms with Crippen molar-refractivity contribution in [3.63, 3.8) is 0 Å². The van der Waals surface area contributed by atoms with Crippen LogP contribution < -0.4 is 5.32 Å². The van der Waals surface area contributed by atoms with Gasteiger partial charge in [0.25, 0.3) is 0 Å². The molecule has 0 bridgehead atoms. The Bertz CT molecular complexity index is 400. The lowest BCUT2D eigenvalue weighted by molar-refractivity contribution is 0.226. The fraction of sp³-hybridized carbons (Fsp3) is 0.625. The topological polar surface area (TPSA) is 15.3 Å². The second-order valence-corrected chi connectivity index (χ2v) is 5.97. The van der Waals surface area contributed by atoms with Gasteiger partial charge in [-0.1, -0.05) is 37.1 Å². The van der Waals surface area contributed by atoms with Crippen LogP contribution in [0.15, 0.2) is 18.2 Å². The summed E-state index contributed by atoms with van der Waals surface area (Å²) in [5.41, 5.74) is 2.47. The molecule has 1 saturated heterocycles. The average molecular weight is 281 g/mol. The van der Waals surface area contributed by atoms with E-state index in [1.165, 1.54) is 31.4 Å².